The molecule has 1 N–H and O–H groups in total. The van der Waals surface area contributed by atoms with Crippen LogP contribution < -0.4 is 0 Å². The monoisotopic (exact) mass is 438 g/mol. The summed E-state index contributed by atoms with van der Waals surface area (Å²) in [4.78, 5) is 23.7. The molecule has 0 aromatic heterocycles. The van der Waals surface area contributed by atoms with Gasteiger partial charge in [-0.25, -0.2) is 0 Å². The molecule has 0 radical (unpaired) electrons. The van der Waals surface area contributed by atoms with Crippen LogP contribution >= 0.6 is 0 Å². The number of carbonyl (C=O) groups is 2. The molecular weight excluding hydrogens is 392 g/mol. The van der Waals surface area contributed by atoms with Crippen LogP contribution in [0.3, 0.4) is 0 Å². The van der Waals surface area contributed by atoms with Gasteiger partial charge in [-0.15, -0.1) is 13.2 Å². The van der Waals surface area contributed by atoms with Crippen molar-refractivity contribution in [1.82, 2.24) is 0 Å². The molecule has 0 aromatic rings. The van der Waals surface area contributed by atoms with E-state index < -0.39 is 0 Å². The highest BCUT2D eigenvalue weighted by Crippen LogP contribution is 2.19. The summed E-state index contributed by atoms with van der Waals surface area (Å²) in [6.07, 6.45) is 17.2. The van der Waals surface area contributed by atoms with E-state index >= 15 is 0 Å². The van der Waals surface area contributed by atoms with Crippen LogP contribution in [0.25, 0.3) is 0 Å². The first-order chi connectivity index (χ1) is 15.0. The van der Waals surface area contributed by atoms with Gasteiger partial charge in [-0.3, -0.25) is 9.59 Å². The van der Waals surface area contributed by atoms with Crippen LogP contribution in [0.15, 0.2) is 25.3 Å². The van der Waals surface area contributed by atoms with Gasteiger partial charge in [0.25, 0.3) is 0 Å². The fourth-order valence-electron chi connectivity index (χ4n) is 3.29. The lowest BCUT2D eigenvalue weighted by molar-refractivity contribution is -0.147. The van der Waals surface area contributed by atoms with E-state index in [2.05, 4.69) is 13.2 Å². The molecule has 0 saturated heterocycles. The van der Waals surface area contributed by atoms with E-state index in [1.807, 2.05) is 19.1 Å². The molecule has 0 fully saturated rings. The molecule has 0 aromatic carbocycles. The fourth-order valence-corrected chi connectivity index (χ4v) is 3.29. The van der Waals surface area contributed by atoms with Gasteiger partial charge in [0.15, 0.2) is 0 Å². The molecule has 0 rings (SSSR count). The highest BCUT2D eigenvalue weighted by Gasteiger charge is 2.13. The largest absolute Gasteiger partial charge is 0.465 e. The first-order valence-electron chi connectivity index (χ1n) is 12.2. The van der Waals surface area contributed by atoms with E-state index in [9.17, 15) is 9.59 Å². The summed E-state index contributed by atoms with van der Waals surface area (Å²) in [5.41, 5.74) is 0. The van der Waals surface area contributed by atoms with Crippen molar-refractivity contribution in [2.75, 3.05) is 19.8 Å². The Bertz CT molecular complexity index is 456. The summed E-state index contributed by atoms with van der Waals surface area (Å²) in [5.74, 6) is -0.0667. The Morgan fingerprint density at radius 3 is 1.71 bits per heavy atom. The molecule has 1 atom stereocenters. The molecule has 0 heterocycles. The van der Waals surface area contributed by atoms with Gasteiger partial charge in [0.2, 0.25) is 0 Å². The van der Waals surface area contributed by atoms with Crippen molar-refractivity contribution in [3.63, 3.8) is 0 Å². The van der Waals surface area contributed by atoms with E-state index in [4.69, 9.17) is 14.6 Å². The van der Waals surface area contributed by atoms with Crippen molar-refractivity contribution < 1.29 is 24.2 Å². The van der Waals surface area contributed by atoms with Gasteiger partial charge in [0.05, 0.1) is 13.2 Å². The van der Waals surface area contributed by atoms with E-state index in [1.165, 1.54) is 38.5 Å². The summed E-state index contributed by atoms with van der Waals surface area (Å²) in [7, 11) is 0. The Morgan fingerprint density at radius 1 is 0.774 bits per heavy atom. The predicted molar refractivity (Wildman–Crippen MR) is 127 cm³/mol. The van der Waals surface area contributed by atoms with E-state index in [0.717, 1.165) is 25.7 Å². The molecule has 0 amide bonds. The number of rotatable bonds is 22. The van der Waals surface area contributed by atoms with Crippen LogP contribution in [0, 0.1) is 11.8 Å². The average Bonchev–Trinajstić information content (AvgIpc) is 2.77. The number of unbranched alkanes of at least 4 members (excludes halogenated alkanes) is 7. The molecule has 0 saturated carbocycles. The van der Waals surface area contributed by atoms with Gasteiger partial charge < -0.3 is 14.6 Å². The summed E-state index contributed by atoms with van der Waals surface area (Å²) in [5, 5.41) is 8.93. The maximum Gasteiger partial charge on any atom is 0.305 e. The van der Waals surface area contributed by atoms with Gasteiger partial charge in [-0.2, -0.15) is 0 Å². The minimum atomic E-state index is -0.276. The smallest absolute Gasteiger partial charge is 0.305 e. The maximum absolute atomic E-state index is 12.1. The quantitative estimate of drug-likeness (QED) is 0.125. The molecule has 0 aliphatic rings. The molecule has 31 heavy (non-hydrogen) atoms. The average molecular weight is 439 g/mol. The number of aliphatic hydroxyl groups excluding tert-OH is 1. The minimum Gasteiger partial charge on any atom is -0.465 e. The standard InChI is InChI=1S/C26H46O5/c1-4-6-8-10-12-16-24(17-13-11-9-7-5-2)22-31-26(29)19-15-14-18-25(28)30-21-23(3)20-27/h4-5,23-24,27H,1-2,6-22H2,3H3. The normalized spacial score (nSPS) is 11.8. The summed E-state index contributed by atoms with van der Waals surface area (Å²) >= 11 is 0. The van der Waals surface area contributed by atoms with Crippen LogP contribution in [0.5, 0.6) is 0 Å². The Labute approximate surface area is 190 Å². The minimum absolute atomic E-state index is 0.00373. The van der Waals surface area contributed by atoms with E-state index in [0.29, 0.717) is 38.2 Å². The summed E-state index contributed by atoms with van der Waals surface area (Å²) in [6, 6.07) is 0. The Morgan fingerprint density at radius 2 is 1.26 bits per heavy atom. The van der Waals surface area contributed by atoms with Crippen molar-refractivity contribution >= 4 is 11.9 Å². The van der Waals surface area contributed by atoms with Crippen molar-refractivity contribution in [3.05, 3.63) is 25.3 Å². The number of hydrogen-bond donors (Lipinski definition) is 1. The zero-order valence-corrected chi connectivity index (χ0v) is 19.8. The molecule has 0 bridgehead atoms. The number of esters is 2. The van der Waals surface area contributed by atoms with Crippen LogP contribution in [0.4, 0.5) is 0 Å². The second-order valence-electron chi connectivity index (χ2n) is 8.58. The molecule has 5 nitrogen and oxygen atoms in total. The lowest BCUT2D eigenvalue weighted by Crippen LogP contribution is -2.15. The molecular formula is C26H46O5. The highest BCUT2D eigenvalue weighted by molar-refractivity contribution is 5.70. The Balaban J connectivity index is 4.03. The molecule has 0 aliphatic carbocycles. The first kappa shape index (κ1) is 29.4. The zero-order valence-electron chi connectivity index (χ0n) is 19.8. The van der Waals surface area contributed by atoms with Crippen LogP contribution in [-0.4, -0.2) is 36.9 Å². The summed E-state index contributed by atoms with van der Waals surface area (Å²) in [6.45, 7) is 10.1. The van der Waals surface area contributed by atoms with Gasteiger partial charge in [0, 0.05) is 25.4 Å². The molecule has 5 heteroatoms. The fraction of sp³-hybridized carbons (Fsp3) is 0.769. The Kier molecular flexibility index (Phi) is 20.5. The second-order valence-corrected chi connectivity index (χ2v) is 8.58. The molecule has 0 aliphatic heterocycles. The summed E-state index contributed by atoms with van der Waals surface area (Å²) < 4.78 is 10.6. The van der Waals surface area contributed by atoms with Gasteiger partial charge >= 0.3 is 11.9 Å². The van der Waals surface area contributed by atoms with Crippen molar-refractivity contribution in [1.29, 1.82) is 0 Å². The number of carbonyl (C=O) groups excluding carboxylic acids is 2. The van der Waals surface area contributed by atoms with Crippen LogP contribution in [-0.2, 0) is 19.1 Å². The third kappa shape index (κ3) is 20.1. The third-order valence-corrected chi connectivity index (χ3v) is 5.37. The third-order valence-electron chi connectivity index (χ3n) is 5.37. The first-order valence-corrected chi connectivity index (χ1v) is 12.2. The lowest BCUT2D eigenvalue weighted by atomic mass is 9.95. The van der Waals surface area contributed by atoms with Gasteiger partial charge in [0.1, 0.15) is 0 Å². The Hall–Kier alpha value is -1.62. The topological polar surface area (TPSA) is 72.8 Å². The van der Waals surface area contributed by atoms with Crippen molar-refractivity contribution in [2.24, 2.45) is 11.8 Å². The number of hydrogen-bond acceptors (Lipinski definition) is 5. The second kappa shape index (κ2) is 21.6. The zero-order chi connectivity index (χ0) is 23.2. The van der Waals surface area contributed by atoms with Crippen LogP contribution in [0.2, 0.25) is 0 Å². The van der Waals surface area contributed by atoms with Crippen molar-refractivity contribution in [3.8, 4) is 0 Å². The maximum atomic E-state index is 12.1. The number of ether oxygens (including phenoxy) is 2. The van der Waals surface area contributed by atoms with E-state index in [1.54, 1.807) is 0 Å². The van der Waals surface area contributed by atoms with Crippen molar-refractivity contribution in [2.45, 2.75) is 96.8 Å². The molecule has 1 unspecified atom stereocenters. The molecule has 180 valence electrons. The van der Waals surface area contributed by atoms with Gasteiger partial charge in [-0.05, 0) is 57.3 Å². The molecule has 0 spiro atoms. The highest BCUT2D eigenvalue weighted by atomic mass is 16.5. The van der Waals surface area contributed by atoms with E-state index in [-0.39, 0.29) is 31.1 Å². The van der Waals surface area contributed by atoms with Gasteiger partial charge in [-0.1, -0.05) is 44.8 Å². The van der Waals surface area contributed by atoms with Crippen LogP contribution in [0.1, 0.15) is 96.8 Å². The lowest BCUT2D eigenvalue weighted by Gasteiger charge is -2.17. The number of aliphatic hydroxyl groups is 1. The predicted octanol–water partition coefficient (Wildman–Crippen LogP) is 6.15. The SMILES string of the molecule is C=CCCCCCC(CCCCCC=C)COC(=O)CCCCC(=O)OCC(C)CO. The number of allylic oxidation sites excluding steroid dienone is 2.